The summed E-state index contributed by atoms with van der Waals surface area (Å²) in [6, 6.07) is 7.65. The standard InChI is InChI=1S/C12H11ClN4/c1-17-8-9(5-10(17)6-14)7-16-11-3-2-4-15-12(11)13/h2-5,8,16H,7H2,1H3. The number of rotatable bonds is 3. The number of aryl methyl sites for hydroxylation is 1. The maximum atomic E-state index is 8.84. The van der Waals surface area contributed by atoms with E-state index in [9.17, 15) is 0 Å². The fraction of sp³-hybridized carbons (Fsp3) is 0.167. The zero-order chi connectivity index (χ0) is 12.3. The molecule has 1 N–H and O–H groups in total. The Balaban J connectivity index is 2.08. The topological polar surface area (TPSA) is 53.6 Å². The van der Waals surface area contributed by atoms with Crippen molar-refractivity contribution in [3.8, 4) is 6.07 Å². The van der Waals surface area contributed by atoms with Gasteiger partial charge in [0.25, 0.3) is 0 Å². The Morgan fingerprint density at radius 1 is 1.59 bits per heavy atom. The summed E-state index contributed by atoms with van der Waals surface area (Å²) >= 11 is 5.92. The van der Waals surface area contributed by atoms with Crippen LogP contribution < -0.4 is 5.32 Å². The predicted molar refractivity (Wildman–Crippen MR) is 66.7 cm³/mol. The molecule has 2 aromatic rings. The van der Waals surface area contributed by atoms with Gasteiger partial charge in [-0.05, 0) is 23.8 Å². The molecule has 2 aromatic heterocycles. The molecule has 0 unspecified atom stereocenters. The number of hydrogen-bond acceptors (Lipinski definition) is 3. The first-order valence-corrected chi connectivity index (χ1v) is 5.48. The number of nitriles is 1. The molecule has 0 saturated carbocycles. The molecular formula is C12H11ClN4. The van der Waals surface area contributed by atoms with E-state index in [0.29, 0.717) is 17.4 Å². The third-order valence-electron chi connectivity index (χ3n) is 2.42. The van der Waals surface area contributed by atoms with Crippen LogP contribution in [0.1, 0.15) is 11.3 Å². The van der Waals surface area contributed by atoms with Crippen LogP contribution >= 0.6 is 11.6 Å². The van der Waals surface area contributed by atoms with Gasteiger partial charge < -0.3 is 9.88 Å². The number of anilines is 1. The Labute approximate surface area is 104 Å². The maximum absolute atomic E-state index is 8.84. The highest BCUT2D eigenvalue weighted by Crippen LogP contribution is 2.18. The molecule has 2 heterocycles. The Bertz CT molecular complexity index is 568. The number of aromatic nitrogens is 2. The summed E-state index contributed by atoms with van der Waals surface area (Å²) in [6.07, 6.45) is 3.56. The second-order valence-electron chi connectivity index (χ2n) is 3.65. The van der Waals surface area contributed by atoms with Gasteiger partial charge in [0.15, 0.2) is 5.15 Å². The van der Waals surface area contributed by atoms with Gasteiger partial charge in [-0.3, -0.25) is 0 Å². The van der Waals surface area contributed by atoms with Gasteiger partial charge in [-0.25, -0.2) is 4.98 Å². The Hall–Kier alpha value is -1.99. The lowest BCUT2D eigenvalue weighted by atomic mass is 10.3. The molecule has 2 rings (SSSR count). The minimum Gasteiger partial charge on any atom is -0.378 e. The highest BCUT2D eigenvalue weighted by molar-refractivity contribution is 6.31. The molecule has 4 nitrogen and oxygen atoms in total. The van der Waals surface area contributed by atoms with E-state index in [0.717, 1.165) is 11.3 Å². The van der Waals surface area contributed by atoms with Crippen LogP contribution in [-0.4, -0.2) is 9.55 Å². The van der Waals surface area contributed by atoms with Crippen molar-refractivity contribution in [1.29, 1.82) is 5.26 Å². The van der Waals surface area contributed by atoms with Crippen molar-refractivity contribution in [3.63, 3.8) is 0 Å². The number of halogens is 1. The Morgan fingerprint density at radius 2 is 2.41 bits per heavy atom. The first kappa shape index (κ1) is 11.5. The quantitative estimate of drug-likeness (QED) is 0.847. The predicted octanol–water partition coefficient (Wildman–Crippen LogP) is 2.56. The van der Waals surface area contributed by atoms with Gasteiger partial charge in [0.05, 0.1) is 5.69 Å². The van der Waals surface area contributed by atoms with Gasteiger partial charge in [-0.15, -0.1) is 0 Å². The van der Waals surface area contributed by atoms with Gasteiger partial charge in [0.1, 0.15) is 11.8 Å². The maximum Gasteiger partial charge on any atom is 0.152 e. The molecule has 5 heteroatoms. The fourth-order valence-electron chi connectivity index (χ4n) is 1.56. The first-order chi connectivity index (χ1) is 8.20. The van der Waals surface area contributed by atoms with Crippen LogP contribution in [0.2, 0.25) is 5.15 Å². The van der Waals surface area contributed by atoms with E-state index in [4.69, 9.17) is 16.9 Å². The molecule has 0 bridgehead atoms. The van der Waals surface area contributed by atoms with Gasteiger partial charge in [-0.2, -0.15) is 5.26 Å². The van der Waals surface area contributed by atoms with Crippen molar-refractivity contribution in [2.24, 2.45) is 7.05 Å². The second-order valence-corrected chi connectivity index (χ2v) is 4.01. The molecule has 86 valence electrons. The Kier molecular flexibility index (Phi) is 3.31. The second kappa shape index (κ2) is 4.89. The van der Waals surface area contributed by atoms with Crippen molar-refractivity contribution in [2.75, 3.05) is 5.32 Å². The third kappa shape index (κ3) is 2.58. The van der Waals surface area contributed by atoms with E-state index in [1.54, 1.807) is 10.8 Å². The third-order valence-corrected chi connectivity index (χ3v) is 2.72. The number of nitrogens with zero attached hydrogens (tertiary/aromatic N) is 3. The largest absolute Gasteiger partial charge is 0.378 e. The number of hydrogen-bond donors (Lipinski definition) is 1. The summed E-state index contributed by atoms with van der Waals surface area (Å²) in [4.78, 5) is 3.98. The number of pyridine rings is 1. The van der Waals surface area contributed by atoms with Crippen molar-refractivity contribution >= 4 is 17.3 Å². The van der Waals surface area contributed by atoms with Crippen LogP contribution in [0.3, 0.4) is 0 Å². The summed E-state index contributed by atoms with van der Waals surface area (Å²) in [7, 11) is 1.85. The van der Waals surface area contributed by atoms with Crippen molar-refractivity contribution in [1.82, 2.24) is 9.55 Å². The van der Waals surface area contributed by atoms with Gasteiger partial charge in [-0.1, -0.05) is 11.6 Å². The molecule has 0 radical (unpaired) electrons. The summed E-state index contributed by atoms with van der Waals surface area (Å²) in [5.74, 6) is 0. The molecule has 0 saturated heterocycles. The van der Waals surface area contributed by atoms with Crippen molar-refractivity contribution in [2.45, 2.75) is 6.54 Å². The lowest BCUT2D eigenvalue weighted by molar-refractivity contribution is 0.902. The summed E-state index contributed by atoms with van der Waals surface area (Å²) in [5.41, 5.74) is 2.46. The minimum absolute atomic E-state index is 0.448. The molecule has 0 fully saturated rings. The molecule has 0 aliphatic carbocycles. The molecule has 0 aromatic carbocycles. The average molecular weight is 247 g/mol. The van der Waals surface area contributed by atoms with Crippen LogP contribution in [0.25, 0.3) is 0 Å². The molecule has 0 aliphatic heterocycles. The van der Waals surface area contributed by atoms with E-state index in [2.05, 4.69) is 16.4 Å². The van der Waals surface area contributed by atoms with E-state index in [1.807, 2.05) is 31.4 Å². The highest BCUT2D eigenvalue weighted by Gasteiger charge is 2.03. The molecular weight excluding hydrogens is 236 g/mol. The van der Waals surface area contributed by atoms with Crippen LogP contribution in [-0.2, 0) is 13.6 Å². The molecule has 0 atom stereocenters. The molecule has 0 amide bonds. The normalized spacial score (nSPS) is 9.94. The van der Waals surface area contributed by atoms with Gasteiger partial charge >= 0.3 is 0 Å². The summed E-state index contributed by atoms with van der Waals surface area (Å²) in [5, 5.41) is 12.5. The number of nitrogens with one attached hydrogen (secondary N) is 1. The fourth-order valence-corrected chi connectivity index (χ4v) is 1.74. The minimum atomic E-state index is 0.448. The van der Waals surface area contributed by atoms with E-state index < -0.39 is 0 Å². The van der Waals surface area contributed by atoms with Crippen LogP contribution in [0.5, 0.6) is 0 Å². The van der Waals surface area contributed by atoms with E-state index in [-0.39, 0.29) is 0 Å². The first-order valence-electron chi connectivity index (χ1n) is 5.10. The van der Waals surface area contributed by atoms with Gasteiger partial charge in [0, 0.05) is 26.0 Å². The van der Waals surface area contributed by atoms with E-state index in [1.165, 1.54) is 0 Å². The smallest absolute Gasteiger partial charge is 0.152 e. The Morgan fingerprint density at radius 3 is 3.06 bits per heavy atom. The zero-order valence-electron chi connectivity index (χ0n) is 9.31. The van der Waals surface area contributed by atoms with E-state index >= 15 is 0 Å². The van der Waals surface area contributed by atoms with Crippen LogP contribution in [0, 0.1) is 11.3 Å². The van der Waals surface area contributed by atoms with Crippen LogP contribution in [0.15, 0.2) is 30.6 Å². The highest BCUT2D eigenvalue weighted by atomic mass is 35.5. The zero-order valence-corrected chi connectivity index (χ0v) is 10.1. The average Bonchev–Trinajstić information content (AvgIpc) is 2.69. The molecule has 17 heavy (non-hydrogen) atoms. The molecule has 0 spiro atoms. The van der Waals surface area contributed by atoms with Crippen molar-refractivity contribution < 1.29 is 0 Å². The summed E-state index contributed by atoms with van der Waals surface area (Å²) in [6.45, 7) is 0.612. The monoisotopic (exact) mass is 246 g/mol. The molecule has 0 aliphatic rings. The van der Waals surface area contributed by atoms with Crippen molar-refractivity contribution in [3.05, 3.63) is 47.0 Å². The summed E-state index contributed by atoms with van der Waals surface area (Å²) < 4.78 is 1.79. The van der Waals surface area contributed by atoms with Gasteiger partial charge in [0.2, 0.25) is 0 Å². The lowest BCUT2D eigenvalue weighted by Crippen LogP contribution is -1.99. The van der Waals surface area contributed by atoms with Crippen LogP contribution in [0.4, 0.5) is 5.69 Å². The SMILES string of the molecule is Cn1cc(CNc2cccnc2Cl)cc1C#N. The lowest BCUT2D eigenvalue weighted by Gasteiger charge is -2.05.